The van der Waals surface area contributed by atoms with Crippen LogP contribution in [0.2, 0.25) is 0 Å². The number of nitrogens with zero attached hydrogens (tertiary/aromatic N) is 4. The molecule has 2 heterocycles. The van der Waals surface area contributed by atoms with Crippen molar-refractivity contribution in [2.45, 2.75) is 32.0 Å². The monoisotopic (exact) mass is 340 g/mol. The lowest BCUT2D eigenvalue weighted by atomic mass is 10.5. The molecule has 0 saturated heterocycles. The average Bonchev–Trinajstić information content (AvgIpc) is 2.89. The first kappa shape index (κ1) is 17.3. The predicted molar refractivity (Wildman–Crippen MR) is 87.9 cm³/mol. The van der Waals surface area contributed by atoms with Crippen LogP contribution in [0.5, 0.6) is 0 Å². The van der Waals surface area contributed by atoms with Crippen LogP contribution in [0.25, 0.3) is 11.2 Å². The lowest BCUT2D eigenvalue weighted by Crippen LogP contribution is -2.37. The Balaban J connectivity index is 2.40. The fraction of sp³-hybridized carbons (Fsp3) is 0.571. The lowest BCUT2D eigenvalue weighted by molar-refractivity contribution is -0.142. The van der Waals surface area contributed by atoms with Crippen LogP contribution in [0, 0.1) is 0 Å². The normalized spacial score (nSPS) is 11.1. The summed E-state index contributed by atoms with van der Waals surface area (Å²) in [7, 11) is 3.04. The van der Waals surface area contributed by atoms with Crippen molar-refractivity contribution in [1.29, 1.82) is 0 Å². The number of imidazole rings is 1. The quantitative estimate of drug-likeness (QED) is 0.562. The highest BCUT2D eigenvalue weighted by Crippen LogP contribution is 2.22. The third-order valence-corrected chi connectivity index (χ3v) is 4.45. The first-order chi connectivity index (χ1) is 10.9. The molecule has 0 radical (unpaired) electrons. The van der Waals surface area contributed by atoms with Crippen LogP contribution < -0.4 is 11.2 Å². The van der Waals surface area contributed by atoms with E-state index in [2.05, 4.69) is 4.98 Å². The highest BCUT2D eigenvalue weighted by molar-refractivity contribution is 7.99. The minimum absolute atomic E-state index is 0.262. The lowest BCUT2D eigenvalue weighted by Gasteiger charge is -2.06. The molecule has 0 unspecified atom stereocenters. The molecule has 0 aliphatic carbocycles. The van der Waals surface area contributed by atoms with Crippen molar-refractivity contribution in [3.63, 3.8) is 0 Å². The number of aryl methyl sites for hydroxylation is 2. The maximum atomic E-state index is 12.4. The number of esters is 1. The van der Waals surface area contributed by atoms with E-state index in [0.717, 1.165) is 4.57 Å². The van der Waals surface area contributed by atoms with Gasteiger partial charge in [-0.1, -0.05) is 11.8 Å². The Morgan fingerprint density at radius 3 is 2.52 bits per heavy atom. The van der Waals surface area contributed by atoms with Gasteiger partial charge in [-0.3, -0.25) is 18.7 Å². The Hall–Kier alpha value is -2.03. The molecule has 0 spiro atoms. The van der Waals surface area contributed by atoms with Gasteiger partial charge in [-0.25, -0.2) is 9.78 Å². The first-order valence-electron chi connectivity index (χ1n) is 7.37. The molecule has 126 valence electrons. The molecule has 2 aromatic heterocycles. The molecule has 9 heteroatoms. The zero-order chi connectivity index (χ0) is 17.1. The van der Waals surface area contributed by atoms with Gasteiger partial charge >= 0.3 is 11.7 Å². The fourth-order valence-corrected chi connectivity index (χ4v) is 3.27. The Morgan fingerprint density at radius 2 is 1.91 bits per heavy atom. The molecule has 0 aromatic carbocycles. The Labute approximate surface area is 137 Å². The topological polar surface area (TPSA) is 88.1 Å². The number of thioether (sulfide) groups is 1. The molecule has 0 N–H and O–H groups in total. The van der Waals surface area contributed by atoms with E-state index < -0.39 is 5.69 Å². The summed E-state index contributed by atoms with van der Waals surface area (Å²) < 4.78 is 9.09. The largest absolute Gasteiger partial charge is 0.466 e. The second-order valence-electron chi connectivity index (χ2n) is 4.92. The molecule has 2 aromatic rings. The van der Waals surface area contributed by atoms with Crippen LogP contribution in [0.15, 0.2) is 14.7 Å². The molecule has 2 rings (SSSR count). The maximum absolute atomic E-state index is 12.4. The third kappa shape index (κ3) is 3.19. The number of carbonyl (C=O) groups is 1. The van der Waals surface area contributed by atoms with Crippen molar-refractivity contribution in [2.75, 3.05) is 12.4 Å². The molecule has 0 aliphatic heterocycles. The van der Waals surface area contributed by atoms with Crippen LogP contribution in [-0.4, -0.2) is 37.0 Å². The van der Waals surface area contributed by atoms with Gasteiger partial charge in [0, 0.05) is 26.4 Å². The van der Waals surface area contributed by atoms with Gasteiger partial charge in [0.1, 0.15) is 0 Å². The minimum Gasteiger partial charge on any atom is -0.466 e. The molecule has 8 nitrogen and oxygen atoms in total. The summed E-state index contributed by atoms with van der Waals surface area (Å²) in [5.74, 6) is 0.235. The summed E-state index contributed by atoms with van der Waals surface area (Å²) in [6.45, 7) is 4.57. The number of fused-ring (bicyclic) bond motifs is 1. The van der Waals surface area contributed by atoms with E-state index >= 15 is 0 Å². The summed E-state index contributed by atoms with van der Waals surface area (Å²) in [5, 5.41) is 0.616. The molecular weight excluding hydrogens is 320 g/mol. The van der Waals surface area contributed by atoms with Crippen molar-refractivity contribution in [2.24, 2.45) is 14.1 Å². The Bertz CT molecular complexity index is 849. The second kappa shape index (κ2) is 7.03. The number of hydrogen-bond acceptors (Lipinski definition) is 6. The predicted octanol–water partition coefficient (Wildman–Crippen LogP) is 0.499. The number of ether oxygens (including phenoxy) is 1. The van der Waals surface area contributed by atoms with Crippen LogP contribution in [0.3, 0.4) is 0 Å². The maximum Gasteiger partial charge on any atom is 0.332 e. The third-order valence-electron chi connectivity index (χ3n) is 3.47. The highest BCUT2D eigenvalue weighted by atomic mass is 32.2. The fourth-order valence-electron chi connectivity index (χ4n) is 2.29. The van der Waals surface area contributed by atoms with E-state index in [4.69, 9.17) is 4.74 Å². The summed E-state index contributed by atoms with van der Waals surface area (Å²) in [4.78, 5) is 40.2. The first-order valence-corrected chi connectivity index (χ1v) is 8.35. The summed E-state index contributed by atoms with van der Waals surface area (Å²) in [5.41, 5.74) is -0.0182. The van der Waals surface area contributed by atoms with E-state index in [1.54, 1.807) is 18.5 Å². The van der Waals surface area contributed by atoms with Gasteiger partial charge < -0.3 is 9.30 Å². The van der Waals surface area contributed by atoms with Crippen molar-refractivity contribution < 1.29 is 9.53 Å². The van der Waals surface area contributed by atoms with E-state index in [1.165, 1.54) is 23.4 Å². The zero-order valence-corrected chi connectivity index (χ0v) is 14.5. The molecule has 0 aliphatic rings. The van der Waals surface area contributed by atoms with E-state index in [9.17, 15) is 14.4 Å². The molecular formula is C14H20N4O4S. The van der Waals surface area contributed by atoms with Gasteiger partial charge in [-0.15, -0.1) is 0 Å². The number of rotatable bonds is 6. The zero-order valence-electron chi connectivity index (χ0n) is 13.7. The number of aromatic nitrogens is 4. The standard InChI is InChI=1S/C14H20N4O4S/c1-5-18-10-11(16(3)14(21)17(4)12(10)20)15-13(18)23-8-7-9(19)22-6-2/h5-8H2,1-4H3. The van der Waals surface area contributed by atoms with Gasteiger partial charge in [0.15, 0.2) is 16.3 Å². The molecule has 0 bridgehead atoms. The van der Waals surface area contributed by atoms with Crippen LogP contribution >= 0.6 is 11.8 Å². The van der Waals surface area contributed by atoms with Crippen molar-refractivity contribution in [1.82, 2.24) is 18.7 Å². The van der Waals surface area contributed by atoms with Crippen molar-refractivity contribution >= 4 is 28.9 Å². The van der Waals surface area contributed by atoms with Gasteiger partial charge in [-0.05, 0) is 13.8 Å². The van der Waals surface area contributed by atoms with Crippen LogP contribution in [-0.2, 0) is 30.2 Å². The number of hydrogen-bond donors (Lipinski definition) is 0. The minimum atomic E-state index is -0.411. The van der Waals surface area contributed by atoms with Crippen molar-refractivity contribution in [3.05, 3.63) is 20.8 Å². The van der Waals surface area contributed by atoms with Gasteiger partial charge in [0.2, 0.25) is 0 Å². The second-order valence-corrected chi connectivity index (χ2v) is 5.98. The van der Waals surface area contributed by atoms with Crippen molar-refractivity contribution in [3.8, 4) is 0 Å². The highest BCUT2D eigenvalue weighted by Gasteiger charge is 2.18. The van der Waals surface area contributed by atoms with Gasteiger partial charge in [-0.2, -0.15) is 0 Å². The molecule has 23 heavy (non-hydrogen) atoms. The van der Waals surface area contributed by atoms with E-state index in [-0.39, 0.29) is 17.9 Å². The summed E-state index contributed by atoms with van der Waals surface area (Å²) >= 11 is 1.37. The smallest absolute Gasteiger partial charge is 0.332 e. The Morgan fingerprint density at radius 1 is 1.22 bits per heavy atom. The summed E-state index contributed by atoms with van der Waals surface area (Å²) in [6.07, 6.45) is 0.266. The average molecular weight is 340 g/mol. The van der Waals surface area contributed by atoms with Gasteiger partial charge in [0.25, 0.3) is 5.56 Å². The Kier molecular flexibility index (Phi) is 5.30. The van der Waals surface area contributed by atoms with Crippen LogP contribution in [0.1, 0.15) is 20.3 Å². The van der Waals surface area contributed by atoms with Gasteiger partial charge in [0.05, 0.1) is 13.0 Å². The van der Waals surface area contributed by atoms with E-state index in [1.807, 2.05) is 6.92 Å². The number of carbonyl (C=O) groups excluding carboxylic acids is 1. The van der Waals surface area contributed by atoms with Crippen LogP contribution in [0.4, 0.5) is 0 Å². The molecule has 0 atom stereocenters. The molecule has 0 fully saturated rings. The SMILES string of the molecule is CCOC(=O)CCSc1nc2c(c(=O)n(C)c(=O)n2C)n1CC. The summed E-state index contributed by atoms with van der Waals surface area (Å²) in [6, 6.07) is 0. The molecule has 0 saturated carbocycles. The molecule has 0 amide bonds. The van der Waals surface area contributed by atoms with E-state index in [0.29, 0.717) is 35.2 Å².